The van der Waals surface area contributed by atoms with E-state index in [9.17, 15) is 5.11 Å². The van der Waals surface area contributed by atoms with Crippen LogP contribution in [0.1, 0.15) is 42.0 Å². The minimum atomic E-state index is -0.538. The van der Waals surface area contributed by atoms with E-state index in [2.05, 4.69) is 36.2 Å². The van der Waals surface area contributed by atoms with Gasteiger partial charge in [-0.3, -0.25) is 4.99 Å². The molecule has 3 aromatic carbocycles. The molecule has 1 aliphatic rings. The molecule has 3 nitrogen and oxygen atoms in total. The molecule has 4 rings (SSSR count). The lowest BCUT2D eigenvalue weighted by Crippen LogP contribution is -2.25. The van der Waals surface area contributed by atoms with Gasteiger partial charge in [0.25, 0.3) is 0 Å². The number of methoxy groups -OCH3 is 1. The molecule has 0 saturated heterocycles. The second-order valence-corrected chi connectivity index (χ2v) is 7.48. The zero-order valence-electron chi connectivity index (χ0n) is 16.3. The Labute approximate surface area is 166 Å². The van der Waals surface area contributed by atoms with Gasteiger partial charge in [0.05, 0.1) is 13.2 Å². The van der Waals surface area contributed by atoms with Gasteiger partial charge in [0.1, 0.15) is 11.5 Å². The smallest absolute Gasteiger partial charge is 0.129 e. The molecule has 0 spiro atoms. The Morgan fingerprint density at radius 2 is 1.54 bits per heavy atom. The predicted molar refractivity (Wildman–Crippen MR) is 114 cm³/mol. The highest BCUT2D eigenvalue weighted by molar-refractivity contribution is 5.86. The molecule has 0 heterocycles. The summed E-state index contributed by atoms with van der Waals surface area (Å²) in [6, 6.07) is 24.7. The third-order valence-corrected chi connectivity index (χ3v) is 5.56. The zero-order valence-corrected chi connectivity index (χ0v) is 16.3. The maximum atomic E-state index is 11.3. The summed E-state index contributed by atoms with van der Waals surface area (Å²) >= 11 is 0. The average molecular weight is 371 g/mol. The van der Waals surface area contributed by atoms with E-state index in [0.717, 1.165) is 29.5 Å². The van der Waals surface area contributed by atoms with E-state index in [1.807, 2.05) is 48.5 Å². The number of aliphatic imine (C=N–C) groups is 1. The van der Waals surface area contributed by atoms with Crippen molar-refractivity contribution in [2.24, 2.45) is 4.99 Å². The molecule has 0 radical (unpaired) electrons. The topological polar surface area (TPSA) is 41.8 Å². The van der Waals surface area contributed by atoms with E-state index in [0.29, 0.717) is 17.4 Å². The normalized spacial score (nSPS) is 14.4. The number of aromatic hydroxyl groups is 1. The minimum absolute atomic E-state index is 0.250. The van der Waals surface area contributed by atoms with Crippen LogP contribution in [0.2, 0.25) is 0 Å². The van der Waals surface area contributed by atoms with E-state index in [-0.39, 0.29) is 5.75 Å². The molecule has 1 fully saturated rings. The third-order valence-electron chi connectivity index (χ3n) is 5.56. The van der Waals surface area contributed by atoms with Crippen LogP contribution in [-0.4, -0.2) is 24.5 Å². The second-order valence-electron chi connectivity index (χ2n) is 7.48. The van der Waals surface area contributed by atoms with Crippen molar-refractivity contribution in [3.63, 3.8) is 0 Å². The maximum Gasteiger partial charge on any atom is 0.129 e. The molecule has 1 N–H and O–H groups in total. The number of nitrogens with zero attached hydrogens (tertiary/aromatic N) is 1. The van der Waals surface area contributed by atoms with Gasteiger partial charge in [-0.2, -0.15) is 0 Å². The Morgan fingerprint density at radius 1 is 0.964 bits per heavy atom. The van der Waals surface area contributed by atoms with Crippen LogP contribution in [0.5, 0.6) is 11.5 Å². The summed E-state index contributed by atoms with van der Waals surface area (Å²) in [5.41, 5.74) is 3.18. The number of phenols is 1. The number of hydrogen-bond donors (Lipinski definition) is 1. The van der Waals surface area contributed by atoms with Gasteiger partial charge in [-0.1, -0.05) is 60.7 Å². The highest BCUT2D eigenvalue weighted by Crippen LogP contribution is 2.45. The van der Waals surface area contributed by atoms with Crippen molar-refractivity contribution in [1.82, 2.24) is 0 Å². The molecular weight excluding hydrogens is 346 g/mol. The molecule has 0 aliphatic heterocycles. The molecule has 3 heteroatoms. The Morgan fingerprint density at radius 3 is 2.04 bits per heavy atom. The number of benzene rings is 3. The molecule has 0 aromatic heterocycles. The van der Waals surface area contributed by atoms with Gasteiger partial charge in [-0.25, -0.2) is 0 Å². The van der Waals surface area contributed by atoms with Crippen molar-refractivity contribution < 1.29 is 9.84 Å². The van der Waals surface area contributed by atoms with Crippen LogP contribution in [0.4, 0.5) is 0 Å². The van der Waals surface area contributed by atoms with Crippen molar-refractivity contribution in [2.45, 2.75) is 31.2 Å². The van der Waals surface area contributed by atoms with Gasteiger partial charge in [0.2, 0.25) is 0 Å². The summed E-state index contributed by atoms with van der Waals surface area (Å²) in [5, 5.41) is 11.3. The lowest BCUT2D eigenvalue weighted by atomic mass is 9.70. The molecular formula is C25H25NO2. The van der Waals surface area contributed by atoms with Crippen molar-refractivity contribution in [3.05, 3.63) is 95.1 Å². The molecule has 0 atom stereocenters. The standard InChI is InChI=1S/C25H25NO2/c1-25(19-9-5-3-6-10-19,20-11-7-4-8-12-20)23-16-22(28-2)15-18(24(23)27)17-26-21-13-14-21/h3-12,15-17,21,27H,13-14H2,1-2H3. The first kappa shape index (κ1) is 18.3. The fraction of sp³-hybridized carbons (Fsp3) is 0.240. The van der Waals surface area contributed by atoms with Crippen LogP contribution in [0.15, 0.2) is 77.8 Å². The fourth-order valence-corrected chi connectivity index (χ4v) is 3.66. The zero-order chi connectivity index (χ0) is 19.6. The first-order chi connectivity index (χ1) is 13.6. The quantitative estimate of drug-likeness (QED) is 0.470. The highest BCUT2D eigenvalue weighted by Gasteiger charge is 2.34. The van der Waals surface area contributed by atoms with Crippen molar-refractivity contribution >= 4 is 6.21 Å². The number of ether oxygens (including phenoxy) is 1. The van der Waals surface area contributed by atoms with Crippen LogP contribution in [-0.2, 0) is 5.41 Å². The van der Waals surface area contributed by atoms with Gasteiger partial charge in [0.15, 0.2) is 0 Å². The summed E-state index contributed by atoms with van der Waals surface area (Å²) in [7, 11) is 1.65. The molecule has 3 aromatic rings. The van der Waals surface area contributed by atoms with Crippen LogP contribution >= 0.6 is 0 Å². The van der Waals surface area contributed by atoms with Gasteiger partial charge in [-0.05, 0) is 43.0 Å². The van der Waals surface area contributed by atoms with Crippen LogP contribution in [0.3, 0.4) is 0 Å². The number of rotatable bonds is 6. The number of hydrogen-bond acceptors (Lipinski definition) is 3. The molecule has 142 valence electrons. The van der Waals surface area contributed by atoms with Gasteiger partial charge in [-0.15, -0.1) is 0 Å². The third kappa shape index (κ3) is 3.40. The predicted octanol–water partition coefficient (Wildman–Crippen LogP) is 5.34. The van der Waals surface area contributed by atoms with Crippen molar-refractivity contribution in [1.29, 1.82) is 0 Å². The van der Waals surface area contributed by atoms with Crippen LogP contribution in [0.25, 0.3) is 0 Å². The molecule has 0 bridgehead atoms. The molecule has 0 unspecified atom stereocenters. The summed E-state index contributed by atoms with van der Waals surface area (Å²) in [5.74, 6) is 0.962. The molecule has 28 heavy (non-hydrogen) atoms. The monoisotopic (exact) mass is 371 g/mol. The Balaban J connectivity index is 1.95. The van der Waals surface area contributed by atoms with E-state index >= 15 is 0 Å². The van der Waals surface area contributed by atoms with Gasteiger partial charge in [0, 0.05) is 22.8 Å². The lowest BCUT2D eigenvalue weighted by molar-refractivity contribution is 0.408. The van der Waals surface area contributed by atoms with Crippen molar-refractivity contribution in [3.8, 4) is 11.5 Å². The highest BCUT2D eigenvalue weighted by atomic mass is 16.5. The van der Waals surface area contributed by atoms with Gasteiger partial charge >= 0.3 is 0 Å². The van der Waals surface area contributed by atoms with E-state index in [4.69, 9.17) is 4.74 Å². The Hall–Kier alpha value is -3.07. The summed E-state index contributed by atoms with van der Waals surface area (Å²) in [4.78, 5) is 4.57. The largest absolute Gasteiger partial charge is 0.507 e. The molecule has 1 aliphatic carbocycles. The SMILES string of the molecule is COc1cc(C=NC2CC2)c(O)c(C(C)(c2ccccc2)c2ccccc2)c1. The number of phenolic OH excluding ortho intramolecular Hbond substituents is 1. The average Bonchev–Trinajstić information content (AvgIpc) is 3.58. The first-order valence-electron chi connectivity index (χ1n) is 9.68. The molecule has 0 amide bonds. The first-order valence-corrected chi connectivity index (χ1v) is 9.68. The maximum absolute atomic E-state index is 11.3. The Kier molecular flexibility index (Phi) is 4.91. The summed E-state index contributed by atoms with van der Waals surface area (Å²) < 4.78 is 5.57. The van der Waals surface area contributed by atoms with Crippen molar-refractivity contribution in [2.75, 3.05) is 7.11 Å². The minimum Gasteiger partial charge on any atom is -0.507 e. The van der Waals surface area contributed by atoms with Crippen LogP contribution < -0.4 is 4.74 Å². The molecule has 1 saturated carbocycles. The van der Waals surface area contributed by atoms with E-state index in [1.54, 1.807) is 13.3 Å². The summed E-state index contributed by atoms with van der Waals surface area (Å²) in [6.07, 6.45) is 4.04. The van der Waals surface area contributed by atoms with E-state index < -0.39 is 5.41 Å². The Bertz CT molecular complexity index is 937. The summed E-state index contributed by atoms with van der Waals surface area (Å²) in [6.45, 7) is 2.15. The lowest BCUT2D eigenvalue weighted by Gasteiger charge is -2.33. The van der Waals surface area contributed by atoms with E-state index in [1.165, 1.54) is 0 Å². The van der Waals surface area contributed by atoms with Crippen LogP contribution in [0, 0.1) is 0 Å². The fourth-order valence-electron chi connectivity index (χ4n) is 3.66. The second kappa shape index (κ2) is 7.51. The van der Waals surface area contributed by atoms with Gasteiger partial charge < -0.3 is 9.84 Å².